The summed E-state index contributed by atoms with van der Waals surface area (Å²) in [5.41, 5.74) is 0.131. The first kappa shape index (κ1) is 14.5. The predicted octanol–water partition coefficient (Wildman–Crippen LogP) is 4.21. The molecule has 7 heteroatoms. The Labute approximate surface area is 126 Å². The maximum absolute atomic E-state index is 11.2. The number of benzene rings is 2. The SMILES string of the molecule is O=C(O)c1ccc(Br)cc1Sc1cccc([N+](=O)[O-])c1. The van der Waals surface area contributed by atoms with E-state index in [1.807, 2.05) is 0 Å². The molecule has 0 spiro atoms. The Balaban J connectivity index is 2.39. The molecule has 20 heavy (non-hydrogen) atoms. The predicted molar refractivity (Wildman–Crippen MR) is 78.3 cm³/mol. The molecule has 0 aliphatic carbocycles. The Morgan fingerprint density at radius 3 is 2.65 bits per heavy atom. The van der Waals surface area contributed by atoms with Crippen LogP contribution in [0.5, 0.6) is 0 Å². The van der Waals surface area contributed by atoms with Gasteiger partial charge in [-0.1, -0.05) is 33.8 Å². The quantitative estimate of drug-likeness (QED) is 0.657. The molecule has 0 unspecified atom stereocenters. The van der Waals surface area contributed by atoms with Crippen LogP contribution in [0.1, 0.15) is 10.4 Å². The Kier molecular flexibility index (Phi) is 4.41. The lowest BCUT2D eigenvalue weighted by Gasteiger charge is -2.06. The van der Waals surface area contributed by atoms with Gasteiger partial charge in [0.15, 0.2) is 0 Å². The maximum Gasteiger partial charge on any atom is 0.336 e. The minimum Gasteiger partial charge on any atom is -0.478 e. The minimum absolute atomic E-state index is 0.0260. The highest BCUT2D eigenvalue weighted by Crippen LogP contribution is 2.34. The lowest BCUT2D eigenvalue weighted by molar-refractivity contribution is -0.385. The van der Waals surface area contributed by atoms with Crippen LogP contribution in [0.2, 0.25) is 0 Å². The van der Waals surface area contributed by atoms with E-state index in [0.717, 1.165) is 4.47 Å². The van der Waals surface area contributed by atoms with Crippen molar-refractivity contribution in [2.24, 2.45) is 0 Å². The molecular formula is C13H8BrNO4S. The summed E-state index contributed by atoms with van der Waals surface area (Å²) in [7, 11) is 0. The second-order valence-corrected chi connectivity index (χ2v) is 5.83. The van der Waals surface area contributed by atoms with Gasteiger partial charge in [-0.05, 0) is 24.3 Å². The van der Waals surface area contributed by atoms with Gasteiger partial charge in [0.2, 0.25) is 0 Å². The highest BCUT2D eigenvalue weighted by Gasteiger charge is 2.13. The molecule has 0 aliphatic heterocycles. The van der Waals surface area contributed by atoms with E-state index >= 15 is 0 Å². The second kappa shape index (κ2) is 6.06. The highest BCUT2D eigenvalue weighted by molar-refractivity contribution is 9.10. The van der Waals surface area contributed by atoms with Crippen molar-refractivity contribution in [3.05, 3.63) is 62.6 Å². The number of nitrogens with zero attached hydrogens (tertiary/aromatic N) is 1. The summed E-state index contributed by atoms with van der Waals surface area (Å²) in [6.45, 7) is 0. The molecule has 0 aliphatic rings. The lowest BCUT2D eigenvalue weighted by atomic mass is 10.2. The molecule has 0 saturated heterocycles. The Hall–Kier alpha value is -1.86. The summed E-state index contributed by atoms with van der Waals surface area (Å²) in [6, 6.07) is 10.9. The van der Waals surface area contributed by atoms with Crippen LogP contribution in [0, 0.1) is 10.1 Å². The van der Waals surface area contributed by atoms with E-state index in [1.54, 1.807) is 24.3 Å². The zero-order chi connectivity index (χ0) is 14.7. The van der Waals surface area contributed by atoms with Crippen molar-refractivity contribution in [1.82, 2.24) is 0 Å². The number of nitro groups is 1. The van der Waals surface area contributed by atoms with Crippen LogP contribution in [0.4, 0.5) is 5.69 Å². The van der Waals surface area contributed by atoms with Gasteiger partial charge in [-0.3, -0.25) is 10.1 Å². The van der Waals surface area contributed by atoms with Crippen molar-refractivity contribution in [1.29, 1.82) is 0 Å². The smallest absolute Gasteiger partial charge is 0.336 e. The molecule has 2 aromatic rings. The summed E-state index contributed by atoms with van der Waals surface area (Å²) in [4.78, 5) is 22.5. The normalized spacial score (nSPS) is 10.2. The monoisotopic (exact) mass is 353 g/mol. The number of carboxylic acids is 1. The number of hydrogen-bond donors (Lipinski definition) is 1. The molecule has 0 amide bonds. The van der Waals surface area contributed by atoms with Crippen molar-refractivity contribution in [2.75, 3.05) is 0 Å². The first-order valence-corrected chi connectivity index (χ1v) is 7.03. The summed E-state index contributed by atoms with van der Waals surface area (Å²) in [5, 5.41) is 19.9. The fourth-order valence-corrected chi connectivity index (χ4v) is 3.09. The third-order valence-corrected chi connectivity index (χ3v) is 3.97. The average molecular weight is 354 g/mol. The zero-order valence-corrected chi connectivity index (χ0v) is 12.3. The Bertz CT molecular complexity index is 690. The molecule has 0 atom stereocenters. The molecule has 0 aromatic heterocycles. The maximum atomic E-state index is 11.2. The molecule has 2 rings (SSSR count). The van der Waals surface area contributed by atoms with Gasteiger partial charge in [-0.2, -0.15) is 0 Å². The van der Waals surface area contributed by atoms with Gasteiger partial charge >= 0.3 is 5.97 Å². The van der Waals surface area contributed by atoms with Crippen molar-refractivity contribution < 1.29 is 14.8 Å². The number of hydrogen-bond acceptors (Lipinski definition) is 4. The van der Waals surface area contributed by atoms with E-state index in [-0.39, 0.29) is 11.3 Å². The molecule has 2 aromatic carbocycles. The standard InChI is InChI=1S/C13H8BrNO4S/c14-8-4-5-11(13(16)17)12(6-8)20-10-3-1-2-9(7-10)15(18)19/h1-7H,(H,16,17). The summed E-state index contributed by atoms with van der Waals surface area (Å²) in [5.74, 6) is -1.04. The van der Waals surface area contributed by atoms with Gasteiger partial charge < -0.3 is 5.11 Å². The van der Waals surface area contributed by atoms with Gasteiger partial charge in [-0.15, -0.1) is 0 Å². The Morgan fingerprint density at radius 1 is 1.25 bits per heavy atom. The zero-order valence-electron chi connectivity index (χ0n) is 9.95. The third kappa shape index (κ3) is 3.37. The summed E-state index contributed by atoms with van der Waals surface area (Å²) >= 11 is 4.45. The molecule has 0 heterocycles. The fraction of sp³-hybridized carbons (Fsp3) is 0. The molecule has 0 saturated carbocycles. The van der Waals surface area contributed by atoms with Crippen LogP contribution in [0.15, 0.2) is 56.7 Å². The number of rotatable bonds is 4. The number of nitro benzene ring substituents is 1. The molecule has 102 valence electrons. The fourth-order valence-electron chi connectivity index (χ4n) is 1.54. The van der Waals surface area contributed by atoms with Crippen LogP contribution in [-0.4, -0.2) is 16.0 Å². The van der Waals surface area contributed by atoms with Crippen LogP contribution < -0.4 is 0 Å². The van der Waals surface area contributed by atoms with Crippen LogP contribution >= 0.6 is 27.7 Å². The molecular weight excluding hydrogens is 346 g/mol. The van der Waals surface area contributed by atoms with Gasteiger partial charge in [0, 0.05) is 26.4 Å². The van der Waals surface area contributed by atoms with E-state index in [9.17, 15) is 14.9 Å². The number of halogens is 1. The van der Waals surface area contributed by atoms with Crippen molar-refractivity contribution in [3.8, 4) is 0 Å². The van der Waals surface area contributed by atoms with E-state index in [4.69, 9.17) is 5.11 Å². The van der Waals surface area contributed by atoms with Crippen molar-refractivity contribution >= 4 is 39.3 Å². The second-order valence-electron chi connectivity index (χ2n) is 3.80. The van der Waals surface area contributed by atoms with Crippen LogP contribution in [0.3, 0.4) is 0 Å². The first-order chi connectivity index (χ1) is 9.47. The largest absolute Gasteiger partial charge is 0.478 e. The Morgan fingerprint density at radius 2 is 2.00 bits per heavy atom. The lowest BCUT2D eigenvalue weighted by Crippen LogP contribution is -1.98. The van der Waals surface area contributed by atoms with Crippen LogP contribution in [0.25, 0.3) is 0 Å². The number of carbonyl (C=O) groups is 1. The number of carboxylic acid groups (broad SMARTS) is 1. The van der Waals surface area contributed by atoms with Crippen molar-refractivity contribution in [3.63, 3.8) is 0 Å². The van der Waals surface area contributed by atoms with Gasteiger partial charge in [0.25, 0.3) is 5.69 Å². The third-order valence-electron chi connectivity index (χ3n) is 2.43. The number of non-ortho nitro benzene ring substituents is 1. The summed E-state index contributed by atoms with van der Waals surface area (Å²) in [6.07, 6.45) is 0. The van der Waals surface area contributed by atoms with E-state index in [1.165, 1.54) is 30.0 Å². The molecule has 0 bridgehead atoms. The molecule has 1 N–H and O–H groups in total. The van der Waals surface area contributed by atoms with E-state index in [2.05, 4.69) is 15.9 Å². The van der Waals surface area contributed by atoms with Gasteiger partial charge in [0.1, 0.15) is 0 Å². The van der Waals surface area contributed by atoms with Gasteiger partial charge in [0.05, 0.1) is 10.5 Å². The highest BCUT2D eigenvalue weighted by atomic mass is 79.9. The molecule has 0 radical (unpaired) electrons. The van der Waals surface area contributed by atoms with E-state index < -0.39 is 10.9 Å². The molecule has 5 nitrogen and oxygen atoms in total. The molecule has 0 fully saturated rings. The van der Waals surface area contributed by atoms with Crippen molar-refractivity contribution in [2.45, 2.75) is 9.79 Å². The number of aromatic carboxylic acids is 1. The van der Waals surface area contributed by atoms with Crippen LogP contribution in [-0.2, 0) is 0 Å². The summed E-state index contributed by atoms with van der Waals surface area (Å²) < 4.78 is 0.746. The minimum atomic E-state index is -1.04. The topological polar surface area (TPSA) is 80.4 Å². The average Bonchev–Trinajstić information content (AvgIpc) is 2.38. The van der Waals surface area contributed by atoms with E-state index in [0.29, 0.717) is 9.79 Å². The first-order valence-electron chi connectivity index (χ1n) is 5.42. The van der Waals surface area contributed by atoms with Gasteiger partial charge in [-0.25, -0.2) is 4.79 Å².